The third-order valence-electron chi connectivity index (χ3n) is 2.78. The van der Waals surface area contributed by atoms with E-state index in [0.29, 0.717) is 12.1 Å². The van der Waals surface area contributed by atoms with Crippen LogP contribution in [0.2, 0.25) is 0 Å². The summed E-state index contributed by atoms with van der Waals surface area (Å²) in [6.45, 7) is 1.11. The molecule has 1 aromatic rings. The molecule has 9 heteroatoms. The molecule has 0 amide bonds. The van der Waals surface area contributed by atoms with Crippen LogP contribution in [0.25, 0.3) is 0 Å². The Kier molecular flexibility index (Phi) is 5.74. The van der Waals surface area contributed by atoms with Crippen LogP contribution in [0.5, 0.6) is 0 Å². The minimum atomic E-state index is -4.42. The predicted molar refractivity (Wildman–Crippen MR) is 68.6 cm³/mol. The zero-order valence-electron chi connectivity index (χ0n) is 11.5. The number of hydrogen-bond donors (Lipinski definition) is 2. The number of benzene rings is 1. The summed E-state index contributed by atoms with van der Waals surface area (Å²) < 4.78 is 69.7. The number of methoxy groups -OCH3 is 1. The second-order valence-electron chi connectivity index (χ2n) is 4.74. The maximum absolute atomic E-state index is 13.5. The Morgan fingerprint density at radius 3 is 2.48 bits per heavy atom. The molecule has 2 N–H and O–H groups in total. The first kappa shape index (κ1) is 17.9. The highest BCUT2D eigenvalue weighted by Crippen LogP contribution is 2.20. The number of sulfonamides is 1. The van der Waals surface area contributed by atoms with E-state index in [2.05, 4.69) is 0 Å². The second-order valence-corrected chi connectivity index (χ2v) is 6.47. The molecule has 0 aliphatic carbocycles. The SMILES string of the molecule is COCCC(C)(O)CNS(=O)(=O)c1ccc(F)c(F)c1F. The Morgan fingerprint density at radius 1 is 1.29 bits per heavy atom. The first-order chi connectivity index (χ1) is 9.60. The molecule has 120 valence electrons. The van der Waals surface area contributed by atoms with Crippen LogP contribution >= 0.6 is 0 Å². The molecule has 0 saturated heterocycles. The van der Waals surface area contributed by atoms with Crippen molar-refractivity contribution < 1.29 is 31.4 Å². The summed E-state index contributed by atoms with van der Waals surface area (Å²) in [6.07, 6.45) is 0.131. The lowest BCUT2D eigenvalue weighted by atomic mass is 10.0. The minimum Gasteiger partial charge on any atom is -0.389 e. The first-order valence-corrected chi connectivity index (χ1v) is 7.43. The zero-order valence-corrected chi connectivity index (χ0v) is 12.3. The highest BCUT2D eigenvalue weighted by atomic mass is 32.2. The van der Waals surface area contributed by atoms with Crippen molar-refractivity contribution in [2.75, 3.05) is 20.3 Å². The number of aliphatic hydroxyl groups is 1. The molecule has 0 saturated carbocycles. The first-order valence-electron chi connectivity index (χ1n) is 5.95. The van der Waals surface area contributed by atoms with Crippen LogP contribution in [-0.2, 0) is 14.8 Å². The maximum Gasteiger partial charge on any atom is 0.243 e. The molecule has 0 spiro atoms. The van der Waals surface area contributed by atoms with Crippen molar-refractivity contribution in [2.24, 2.45) is 0 Å². The van der Waals surface area contributed by atoms with Gasteiger partial charge in [-0.1, -0.05) is 0 Å². The fourth-order valence-corrected chi connectivity index (χ4v) is 2.68. The molecule has 1 rings (SSSR count). The monoisotopic (exact) mass is 327 g/mol. The van der Waals surface area contributed by atoms with Crippen LogP contribution in [0, 0.1) is 17.5 Å². The van der Waals surface area contributed by atoms with E-state index in [1.54, 1.807) is 0 Å². The molecule has 21 heavy (non-hydrogen) atoms. The van der Waals surface area contributed by atoms with E-state index in [0.717, 1.165) is 0 Å². The molecule has 5 nitrogen and oxygen atoms in total. The zero-order chi connectivity index (χ0) is 16.3. The van der Waals surface area contributed by atoms with Crippen molar-refractivity contribution in [3.8, 4) is 0 Å². The van der Waals surface area contributed by atoms with Crippen LogP contribution in [-0.4, -0.2) is 39.4 Å². The third kappa shape index (κ3) is 4.67. The largest absolute Gasteiger partial charge is 0.389 e. The van der Waals surface area contributed by atoms with Gasteiger partial charge < -0.3 is 9.84 Å². The molecule has 1 aromatic carbocycles. The highest BCUT2D eigenvalue weighted by Gasteiger charge is 2.27. The summed E-state index contributed by atoms with van der Waals surface area (Å²) in [7, 11) is -3.01. The highest BCUT2D eigenvalue weighted by molar-refractivity contribution is 7.89. The normalized spacial score (nSPS) is 15.0. The van der Waals surface area contributed by atoms with E-state index in [4.69, 9.17) is 4.74 Å². The maximum atomic E-state index is 13.5. The summed E-state index contributed by atoms with van der Waals surface area (Å²) in [5.41, 5.74) is -1.43. The number of ether oxygens (including phenoxy) is 1. The molecule has 0 aromatic heterocycles. The van der Waals surface area contributed by atoms with Gasteiger partial charge in [-0.2, -0.15) is 0 Å². The van der Waals surface area contributed by atoms with Crippen molar-refractivity contribution in [1.29, 1.82) is 0 Å². The van der Waals surface area contributed by atoms with Gasteiger partial charge >= 0.3 is 0 Å². The Morgan fingerprint density at radius 2 is 1.90 bits per heavy atom. The quantitative estimate of drug-likeness (QED) is 0.737. The van der Waals surface area contributed by atoms with E-state index in [9.17, 15) is 26.7 Å². The Balaban J connectivity index is 2.91. The van der Waals surface area contributed by atoms with Crippen molar-refractivity contribution >= 4 is 10.0 Å². The summed E-state index contributed by atoms with van der Waals surface area (Å²) >= 11 is 0. The van der Waals surface area contributed by atoms with Gasteiger partial charge in [-0.15, -0.1) is 0 Å². The third-order valence-corrected chi connectivity index (χ3v) is 4.20. The van der Waals surface area contributed by atoms with Gasteiger partial charge in [0.05, 0.1) is 5.60 Å². The number of hydrogen-bond acceptors (Lipinski definition) is 4. The van der Waals surface area contributed by atoms with Gasteiger partial charge in [-0.25, -0.2) is 26.3 Å². The number of halogens is 3. The van der Waals surface area contributed by atoms with E-state index in [-0.39, 0.29) is 13.0 Å². The predicted octanol–water partition coefficient (Wildman–Crippen LogP) is 1.17. The van der Waals surface area contributed by atoms with Crippen molar-refractivity contribution in [3.05, 3.63) is 29.6 Å². The standard InChI is InChI=1S/C12H16F3NO4S/c1-12(17,5-6-20-2)7-16-21(18,19)9-4-3-8(13)10(14)11(9)15/h3-4,16-17H,5-7H2,1-2H3. The molecule has 1 unspecified atom stereocenters. The van der Waals surface area contributed by atoms with E-state index in [1.165, 1.54) is 14.0 Å². The summed E-state index contributed by atoms with van der Waals surface area (Å²) in [5.74, 6) is -5.17. The lowest BCUT2D eigenvalue weighted by Crippen LogP contribution is -2.41. The minimum absolute atomic E-state index is 0.131. The molecular weight excluding hydrogens is 311 g/mol. The van der Waals surface area contributed by atoms with Gasteiger partial charge in [0, 0.05) is 26.7 Å². The van der Waals surface area contributed by atoms with E-state index < -0.39 is 44.5 Å². The second kappa shape index (κ2) is 6.73. The smallest absolute Gasteiger partial charge is 0.243 e. The Bertz CT molecular complexity index is 605. The van der Waals surface area contributed by atoms with E-state index >= 15 is 0 Å². The van der Waals surface area contributed by atoms with E-state index in [1.807, 2.05) is 4.72 Å². The molecule has 1 atom stereocenters. The van der Waals surface area contributed by atoms with Crippen LogP contribution in [0.4, 0.5) is 13.2 Å². The molecular formula is C12H16F3NO4S. The Labute approximate surface area is 120 Å². The van der Waals surface area contributed by atoms with Gasteiger partial charge in [0.15, 0.2) is 17.5 Å². The number of rotatable bonds is 7. The average molecular weight is 327 g/mol. The van der Waals surface area contributed by atoms with Crippen molar-refractivity contribution in [1.82, 2.24) is 4.72 Å². The Hall–Kier alpha value is -1.16. The summed E-state index contributed by atoms with van der Waals surface area (Å²) in [6, 6.07) is 1.12. The van der Waals surface area contributed by atoms with Gasteiger partial charge in [-0.05, 0) is 19.1 Å². The molecule has 0 aliphatic rings. The summed E-state index contributed by atoms with van der Waals surface area (Å²) in [4.78, 5) is -1.02. The van der Waals surface area contributed by atoms with Crippen molar-refractivity contribution in [2.45, 2.75) is 23.8 Å². The molecule has 0 bridgehead atoms. The van der Waals surface area contributed by atoms with Crippen LogP contribution < -0.4 is 4.72 Å². The van der Waals surface area contributed by atoms with Gasteiger partial charge in [-0.3, -0.25) is 0 Å². The lowest BCUT2D eigenvalue weighted by molar-refractivity contribution is 0.0292. The molecule has 0 aliphatic heterocycles. The van der Waals surface area contributed by atoms with Crippen LogP contribution in [0.1, 0.15) is 13.3 Å². The lowest BCUT2D eigenvalue weighted by Gasteiger charge is -2.23. The fraction of sp³-hybridized carbons (Fsp3) is 0.500. The summed E-state index contributed by atoms with van der Waals surface area (Å²) in [5, 5.41) is 9.89. The van der Waals surface area contributed by atoms with Crippen LogP contribution in [0.15, 0.2) is 17.0 Å². The average Bonchev–Trinajstić information content (AvgIpc) is 2.40. The molecule has 0 heterocycles. The topological polar surface area (TPSA) is 75.6 Å². The fourth-order valence-electron chi connectivity index (χ4n) is 1.45. The number of nitrogens with one attached hydrogen (secondary N) is 1. The van der Waals surface area contributed by atoms with Gasteiger partial charge in [0.1, 0.15) is 4.90 Å². The molecule has 0 fully saturated rings. The molecule has 0 radical (unpaired) electrons. The van der Waals surface area contributed by atoms with Gasteiger partial charge in [0.2, 0.25) is 10.0 Å². The van der Waals surface area contributed by atoms with Crippen LogP contribution in [0.3, 0.4) is 0 Å². The van der Waals surface area contributed by atoms with Crippen molar-refractivity contribution in [3.63, 3.8) is 0 Å². The van der Waals surface area contributed by atoms with Gasteiger partial charge in [0.25, 0.3) is 0 Å².